The average molecular weight is 799 g/mol. The fourth-order valence-electron chi connectivity index (χ4n) is 6.70. The van der Waals surface area contributed by atoms with Crippen molar-refractivity contribution in [2.75, 3.05) is 40.9 Å². The topological polar surface area (TPSA) is 108 Å². The molecule has 0 rings (SSSR count). The number of allylic oxidation sites excluding steroid dienone is 3. The number of amides is 1. The predicted octanol–water partition coefficient (Wildman–Crippen LogP) is 12.3. The highest BCUT2D eigenvalue weighted by Crippen LogP contribution is 2.38. The van der Waals surface area contributed by atoms with Gasteiger partial charge < -0.3 is 28.8 Å². The lowest BCUT2D eigenvalue weighted by molar-refractivity contribution is -0.870. The van der Waals surface area contributed by atoms with E-state index in [4.69, 9.17) is 9.05 Å². The van der Waals surface area contributed by atoms with Gasteiger partial charge in [-0.2, -0.15) is 0 Å². The van der Waals surface area contributed by atoms with Gasteiger partial charge in [0.2, 0.25) is 5.91 Å². The Morgan fingerprint density at radius 1 is 0.618 bits per heavy atom. The molecule has 8 nitrogen and oxygen atoms in total. The maximum Gasteiger partial charge on any atom is 0.268 e. The monoisotopic (exact) mass is 799 g/mol. The molecule has 0 aliphatic heterocycles. The molecule has 0 aromatic rings. The molecule has 0 aliphatic rings. The molecule has 0 aromatic heterocycles. The Kier molecular flexibility index (Phi) is 37.8. The van der Waals surface area contributed by atoms with Crippen molar-refractivity contribution in [1.82, 2.24) is 5.32 Å². The number of aliphatic hydroxyl groups excluding tert-OH is 1. The van der Waals surface area contributed by atoms with E-state index in [0.717, 1.165) is 38.5 Å². The smallest absolute Gasteiger partial charge is 0.268 e. The first kappa shape index (κ1) is 54.0. The van der Waals surface area contributed by atoms with E-state index in [1.54, 1.807) is 6.08 Å². The lowest BCUT2D eigenvalue weighted by Gasteiger charge is -2.29. The molecule has 0 spiro atoms. The molecule has 3 atom stereocenters. The van der Waals surface area contributed by atoms with Crippen LogP contribution in [0.25, 0.3) is 0 Å². The SMILES string of the molecule is CCCCCCCCCCCCC/C=C/CC/C=C/[C@@H](O)[C@H](COP(=O)([O-])OCC[N+](C)(C)C)NC(=O)CCCCCCCCCCCCCCCCCC. The van der Waals surface area contributed by atoms with Crippen LogP contribution in [0.2, 0.25) is 0 Å². The number of likely N-dealkylation sites (N-methyl/N-ethyl adjacent to an activating group) is 1. The van der Waals surface area contributed by atoms with Crippen molar-refractivity contribution in [3.8, 4) is 0 Å². The Bertz CT molecular complexity index is 953. The molecule has 9 heteroatoms. The van der Waals surface area contributed by atoms with Crippen molar-refractivity contribution in [2.24, 2.45) is 0 Å². The van der Waals surface area contributed by atoms with Gasteiger partial charge in [-0.1, -0.05) is 199 Å². The summed E-state index contributed by atoms with van der Waals surface area (Å²) in [5.74, 6) is -0.205. The van der Waals surface area contributed by atoms with Gasteiger partial charge in [0.15, 0.2) is 0 Å². The van der Waals surface area contributed by atoms with Gasteiger partial charge in [0.25, 0.3) is 7.82 Å². The molecule has 2 N–H and O–H groups in total. The molecule has 0 saturated heterocycles. The lowest BCUT2D eigenvalue weighted by atomic mass is 10.0. The van der Waals surface area contributed by atoms with Gasteiger partial charge in [0.05, 0.1) is 39.9 Å². The molecule has 0 bridgehead atoms. The number of hydrogen-bond acceptors (Lipinski definition) is 6. The van der Waals surface area contributed by atoms with Crippen LogP contribution in [0.5, 0.6) is 0 Å². The van der Waals surface area contributed by atoms with Crippen LogP contribution in [-0.4, -0.2) is 68.5 Å². The Morgan fingerprint density at radius 3 is 1.47 bits per heavy atom. The molecule has 55 heavy (non-hydrogen) atoms. The van der Waals surface area contributed by atoms with E-state index in [1.807, 2.05) is 27.2 Å². The normalized spacial score (nSPS) is 14.5. The fourth-order valence-corrected chi connectivity index (χ4v) is 7.42. The van der Waals surface area contributed by atoms with Crippen LogP contribution >= 0.6 is 7.82 Å². The Hall–Kier alpha value is -1.02. The summed E-state index contributed by atoms with van der Waals surface area (Å²) in [5.41, 5.74) is 0. The molecule has 326 valence electrons. The quantitative estimate of drug-likeness (QED) is 0.0276. The fraction of sp³-hybridized carbons (Fsp3) is 0.891. The highest BCUT2D eigenvalue weighted by Gasteiger charge is 2.23. The van der Waals surface area contributed by atoms with E-state index >= 15 is 0 Å². The number of rotatable bonds is 42. The van der Waals surface area contributed by atoms with Gasteiger partial charge in [0, 0.05) is 6.42 Å². The van der Waals surface area contributed by atoms with E-state index in [0.29, 0.717) is 17.4 Å². The summed E-state index contributed by atoms with van der Waals surface area (Å²) in [6.07, 6.45) is 45.1. The Labute approximate surface area is 341 Å². The van der Waals surface area contributed by atoms with Gasteiger partial charge >= 0.3 is 0 Å². The molecular formula is C46H91N2O6P. The molecule has 0 aromatic carbocycles. The van der Waals surface area contributed by atoms with E-state index in [1.165, 1.54) is 154 Å². The number of unbranched alkanes of at least 4 members (excludes halogenated alkanes) is 27. The van der Waals surface area contributed by atoms with Crippen molar-refractivity contribution >= 4 is 13.7 Å². The zero-order chi connectivity index (χ0) is 40.7. The van der Waals surface area contributed by atoms with Gasteiger partial charge in [0.1, 0.15) is 13.2 Å². The predicted molar refractivity (Wildman–Crippen MR) is 233 cm³/mol. The van der Waals surface area contributed by atoms with Crippen LogP contribution in [0.4, 0.5) is 0 Å². The zero-order valence-corrected chi connectivity index (χ0v) is 37.8. The zero-order valence-electron chi connectivity index (χ0n) is 36.9. The summed E-state index contributed by atoms with van der Waals surface area (Å²) >= 11 is 0. The number of nitrogens with one attached hydrogen (secondary N) is 1. The maximum absolute atomic E-state index is 12.9. The first-order valence-corrected chi connectivity index (χ1v) is 24.7. The van der Waals surface area contributed by atoms with E-state index in [2.05, 4.69) is 31.3 Å². The van der Waals surface area contributed by atoms with Crippen molar-refractivity contribution < 1.29 is 32.9 Å². The molecule has 1 amide bonds. The molecule has 0 fully saturated rings. The van der Waals surface area contributed by atoms with Crippen LogP contribution in [0.15, 0.2) is 24.3 Å². The molecular weight excluding hydrogens is 707 g/mol. The highest BCUT2D eigenvalue weighted by atomic mass is 31.2. The maximum atomic E-state index is 12.9. The van der Waals surface area contributed by atoms with Crippen LogP contribution < -0.4 is 10.2 Å². The minimum atomic E-state index is -4.59. The minimum Gasteiger partial charge on any atom is -0.756 e. The van der Waals surface area contributed by atoms with Crippen LogP contribution in [0.1, 0.15) is 213 Å². The Balaban J connectivity index is 4.43. The summed E-state index contributed by atoms with van der Waals surface area (Å²) in [7, 11) is 1.25. The largest absolute Gasteiger partial charge is 0.756 e. The minimum absolute atomic E-state index is 0.00418. The summed E-state index contributed by atoms with van der Waals surface area (Å²) in [4.78, 5) is 25.3. The van der Waals surface area contributed by atoms with Crippen molar-refractivity contribution in [2.45, 2.75) is 225 Å². The van der Waals surface area contributed by atoms with E-state index in [9.17, 15) is 19.4 Å². The van der Waals surface area contributed by atoms with E-state index < -0.39 is 20.0 Å². The number of phosphoric acid groups is 1. The molecule has 0 heterocycles. The number of carbonyl (C=O) groups excluding carboxylic acids is 1. The second-order valence-electron chi connectivity index (χ2n) is 17.1. The second-order valence-corrected chi connectivity index (χ2v) is 18.5. The third-order valence-electron chi connectivity index (χ3n) is 10.4. The summed E-state index contributed by atoms with van der Waals surface area (Å²) < 4.78 is 23.2. The second kappa shape index (κ2) is 38.5. The summed E-state index contributed by atoms with van der Waals surface area (Å²) in [6.45, 7) is 4.64. The summed E-state index contributed by atoms with van der Waals surface area (Å²) in [6, 6.07) is -0.898. The third kappa shape index (κ3) is 41.0. The Morgan fingerprint density at radius 2 is 1.02 bits per heavy atom. The molecule has 1 unspecified atom stereocenters. The first-order valence-electron chi connectivity index (χ1n) is 23.2. The summed E-state index contributed by atoms with van der Waals surface area (Å²) in [5, 5.41) is 13.8. The van der Waals surface area contributed by atoms with Gasteiger partial charge in [-0.15, -0.1) is 0 Å². The highest BCUT2D eigenvalue weighted by molar-refractivity contribution is 7.45. The number of nitrogens with zero attached hydrogens (tertiary/aromatic N) is 1. The van der Waals surface area contributed by atoms with Crippen LogP contribution in [0.3, 0.4) is 0 Å². The number of aliphatic hydroxyl groups is 1. The lowest BCUT2D eigenvalue weighted by Crippen LogP contribution is -2.45. The van der Waals surface area contributed by atoms with Crippen LogP contribution in [-0.2, 0) is 18.4 Å². The third-order valence-corrected chi connectivity index (χ3v) is 11.4. The first-order chi connectivity index (χ1) is 26.5. The molecule has 0 aliphatic carbocycles. The van der Waals surface area contributed by atoms with Gasteiger partial charge in [-0.05, 0) is 32.1 Å². The number of phosphoric ester groups is 1. The van der Waals surface area contributed by atoms with Gasteiger partial charge in [-0.3, -0.25) is 9.36 Å². The molecule has 0 radical (unpaired) electrons. The number of quaternary nitrogens is 1. The number of carbonyl (C=O) groups is 1. The molecule has 0 saturated carbocycles. The van der Waals surface area contributed by atoms with Crippen molar-refractivity contribution in [3.05, 3.63) is 24.3 Å². The average Bonchev–Trinajstić information content (AvgIpc) is 3.13. The van der Waals surface area contributed by atoms with E-state index in [-0.39, 0.29) is 19.1 Å². The van der Waals surface area contributed by atoms with Crippen molar-refractivity contribution in [3.63, 3.8) is 0 Å². The number of hydrogen-bond donors (Lipinski definition) is 2. The van der Waals surface area contributed by atoms with Gasteiger partial charge in [-0.25, -0.2) is 0 Å². The van der Waals surface area contributed by atoms with Crippen LogP contribution in [0, 0.1) is 0 Å². The van der Waals surface area contributed by atoms with Crippen molar-refractivity contribution in [1.29, 1.82) is 0 Å². The standard InChI is InChI=1S/C46H91N2O6P/c1-6-8-10-12-14-16-18-20-22-24-25-27-29-31-33-35-37-39-45(49)44(43-54-55(51,52)53-42-41-48(3,4)5)47-46(50)40-38-36-34-32-30-28-26-23-21-19-17-15-13-11-9-7-2/h29,31,37,39,44-45,49H,6-28,30,32-36,38,40-43H2,1-5H3,(H-,47,50,51,52)/b31-29+,39-37+/t44-,45+/m0/s1.